The van der Waals surface area contributed by atoms with Crippen LogP contribution in [0.5, 0.6) is 5.75 Å². The number of methoxy groups -OCH3 is 1. The molecule has 1 fully saturated rings. The number of aromatic nitrogens is 3. The SMILES string of the molecule is COc1ccc(/C=N/Nc2nc(Nc3ccccc3)nc(N3CCOCC3)n2)cc1Br. The molecule has 9 nitrogen and oxygen atoms in total. The summed E-state index contributed by atoms with van der Waals surface area (Å²) < 4.78 is 11.5. The van der Waals surface area contributed by atoms with Crippen LogP contribution in [0.2, 0.25) is 0 Å². The van der Waals surface area contributed by atoms with E-state index >= 15 is 0 Å². The fraction of sp³-hybridized carbons (Fsp3) is 0.238. The molecule has 1 aliphatic rings. The average molecular weight is 484 g/mol. The van der Waals surface area contributed by atoms with Gasteiger partial charge in [-0.2, -0.15) is 20.1 Å². The second-order valence-corrected chi connectivity index (χ2v) is 7.49. The van der Waals surface area contributed by atoms with Gasteiger partial charge in [-0.25, -0.2) is 5.43 Å². The summed E-state index contributed by atoms with van der Waals surface area (Å²) in [5.41, 5.74) is 4.69. The summed E-state index contributed by atoms with van der Waals surface area (Å²) in [7, 11) is 1.63. The van der Waals surface area contributed by atoms with E-state index in [-0.39, 0.29) is 0 Å². The van der Waals surface area contributed by atoms with Crippen molar-refractivity contribution in [1.29, 1.82) is 0 Å². The Morgan fingerprint density at radius 3 is 2.58 bits per heavy atom. The molecule has 0 aliphatic carbocycles. The Morgan fingerprint density at radius 2 is 1.84 bits per heavy atom. The van der Waals surface area contributed by atoms with Gasteiger partial charge in [-0.1, -0.05) is 18.2 Å². The number of nitrogens with zero attached hydrogens (tertiary/aromatic N) is 5. The molecule has 0 atom stereocenters. The number of hydrogen-bond donors (Lipinski definition) is 2. The summed E-state index contributed by atoms with van der Waals surface area (Å²) >= 11 is 3.47. The van der Waals surface area contributed by atoms with Gasteiger partial charge >= 0.3 is 0 Å². The van der Waals surface area contributed by atoms with Crippen molar-refractivity contribution in [3.8, 4) is 5.75 Å². The second kappa shape index (κ2) is 10.2. The van der Waals surface area contributed by atoms with E-state index < -0.39 is 0 Å². The van der Waals surface area contributed by atoms with E-state index in [0.29, 0.717) is 31.1 Å². The number of morpholine rings is 1. The highest BCUT2D eigenvalue weighted by atomic mass is 79.9. The molecule has 0 saturated carbocycles. The van der Waals surface area contributed by atoms with Gasteiger partial charge in [-0.05, 0) is 51.8 Å². The minimum absolute atomic E-state index is 0.346. The minimum atomic E-state index is 0.346. The van der Waals surface area contributed by atoms with Crippen molar-refractivity contribution in [2.45, 2.75) is 0 Å². The summed E-state index contributed by atoms with van der Waals surface area (Å²) in [6, 6.07) is 15.4. The average Bonchev–Trinajstić information content (AvgIpc) is 2.80. The van der Waals surface area contributed by atoms with E-state index in [2.05, 4.69) is 51.6 Å². The smallest absolute Gasteiger partial charge is 0.250 e. The zero-order valence-electron chi connectivity index (χ0n) is 17.0. The van der Waals surface area contributed by atoms with Crippen molar-refractivity contribution in [3.63, 3.8) is 0 Å². The lowest BCUT2D eigenvalue weighted by atomic mass is 10.2. The minimum Gasteiger partial charge on any atom is -0.496 e. The molecule has 31 heavy (non-hydrogen) atoms. The number of nitrogens with one attached hydrogen (secondary N) is 2. The predicted octanol–water partition coefficient (Wildman–Crippen LogP) is 3.67. The van der Waals surface area contributed by atoms with Crippen LogP contribution >= 0.6 is 15.9 Å². The van der Waals surface area contributed by atoms with Gasteiger partial charge in [0.1, 0.15) is 5.75 Å². The van der Waals surface area contributed by atoms with Gasteiger partial charge in [-0.15, -0.1) is 0 Å². The van der Waals surface area contributed by atoms with Crippen molar-refractivity contribution in [2.24, 2.45) is 5.10 Å². The van der Waals surface area contributed by atoms with Crippen LogP contribution in [-0.4, -0.2) is 54.6 Å². The first-order valence-electron chi connectivity index (χ1n) is 9.75. The molecule has 0 bridgehead atoms. The maximum atomic E-state index is 5.44. The molecule has 0 radical (unpaired) electrons. The van der Waals surface area contributed by atoms with Crippen LogP contribution in [0, 0.1) is 0 Å². The number of benzene rings is 2. The van der Waals surface area contributed by atoms with Crippen LogP contribution in [0.15, 0.2) is 58.1 Å². The highest BCUT2D eigenvalue weighted by Gasteiger charge is 2.16. The van der Waals surface area contributed by atoms with E-state index in [9.17, 15) is 0 Å². The molecular weight excluding hydrogens is 462 g/mol. The lowest BCUT2D eigenvalue weighted by Gasteiger charge is -2.27. The molecule has 0 spiro atoms. The monoisotopic (exact) mass is 483 g/mol. The van der Waals surface area contributed by atoms with Gasteiger partial charge in [0.05, 0.1) is 31.0 Å². The molecule has 0 unspecified atom stereocenters. The number of ether oxygens (including phenoxy) is 2. The molecule has 1 aromatic heterocycles. The zero-order valence-corrected chi connectivity index (χ0v) is 18.5. The third kappa shape index (κ3) is 5.68. The third-order valence-electron chi connectivity index (χ3n) is 4.50. The third-order valence-corrected chi connectivity index (χ3v) is 5.12. The van der Waals surface area contributed by atoms with Crippen LogP contribution in [0.25, 0.3) is 0 Å². The van der Waals surface area contributed by atoms with E-state index in [4.69, 9.17) is 9.47 Å². The Labute approximate surface area is 188 Å². The number of para-hydroxylation sites is 1. The fourth-order valence-electron chi connectivity index (χ4n) is 2.95. The Balaban J connectivity index is 1.54. The Kier molecular flexibility index (Phi) is 6.90. The van der Waals surface area contributed by atoms with E-state index in [0.717, 1.165) is 34.6 Å². The Hall–Kier alpha value is -3.24. The van der Waals surface area contributed by atoms with Crippen LogP contribution in [0.4, 0.5) is 23.5 Å². The van der Waals surface area contributed by atoms with Crippen molar-refractivity contribution in [3.05, 3.63) is 58.6 Å². The number of rotatable bonds is 7. The van der Waals surface area contributed by atoms with Crippen LogP contribution in [0.3, 0.4) is 0 Å². The van der Waals surface area contributed by atoms with Crippen LogP contribution < -0.4 is 20.4 Å². The standard InChI is InChI=1S/C21H22BrN7O2/c1-30-18-8-7-15(13-17(18)22)14-23-28-20-25-19(24-16-5-3-2-4-6-16)26-21(27-20)29-9-11-31-12-10-29/h2-8,13-14H,9-12H2,1H3,(H2,24,25,26,27,28)/b23-14+. The van der Waals surface area contributed by atoms with Crippen LogP contribution in [-0.2, 0) is 4.74 Å². The molecule has 160 valence electrons. The van der Waals surface area contributed by atoms with E-state index in [1.54, 1.807) is 13.3 Å². The van der Waals surface area contributed by atoms with Gasteiger partial charge < -0.3 is 19.7 Å². The molecule has 1 saturated heterocycles. The molecule has 3 aromatic rings. The van der Waals surface area contributed by atoms with E-state index in [1.807, 2.05) is 48.5 Å². The molecule has 1 aliphatic heterocycles. The van der Waals surface area contributed by atoms with E-state index in [1.165, 1.54) is 0 Å². The van der Waals surface area contributed by atoms with Crippen molar-refractivity contribution >= 4 is 45.7 Å². The van der Waals surface area contributed by atoms with Gasteiger partial charge in [0.2, 0.25) is 17.8 Å². The Morgan fingerprint density at radius 1 is 1.06 bits per heavy atom. The normalized spacial score (nSPS) is 13.9. The quantitative estimate of drug-likeness (QED) is 0.388. The second-order valence-electron chi connectivity index (χ2n) is 6.64. The maximum absolute atomic E-state index is 5.44. The van der Waals surface area contributed by atoms with Crippen molar-refractivity contribution in [2.75, 3.05) is 49.1 Å². The largest absolute Gasteiger partial charge is 0.496 e. The van der Waals surface area contributed by atoms with Crippen molar-refractivity contribution < 1.29 is 9.47 Å². The first kappa shape index (κ1) is 21.0. The lowest BCUT2D eigenvalue weighted by molar-refractivity contribution is 0.122. The fourth-order valence-corrected chi connectivity index (χ4v) is 3.51. The summed E-state index contributed by atoms with van der Waals surface area (Å²) in [4.78, 5) is 15.6. The number of anilines is 4. The number of halogens is 1. The number of hydrazone groups is 1. The molecular formula is C21H22BrN7O2. The molecule has 2 heterocycles. The van der Waals surface area contributed by atoms with Crippen molar-refractivity contribution in [1.82, 2.24) is 15.0 Å². The molecule has 2 N–H and O–H groups in total. The highest BCUT2D eigenvalue weighted by Crippen LogP contribution is 2.25. The Bertz CT molecular complexity index is 1040. The lowest BCUT2D eigenvalue weighted by Crippen LogP contribution is -2.37. The molecule has 10 heteroatoms. The maximum Gasteiger partial charge on any atom is 0.250 e. The molecule has 0 amide bonds. The summed E-state index contributed by atoms with van der Waals surface area (Å²) in [5, 5.41) is 7.50. The first-order valence-corrected chi connectivity index (χ1v) is 10.5. The van der Waals surface area contributed by atoms with Gasteiger partial charge in [0.25, 0.3) is 0 Å². The number of hydrogen-bond acceptors (Lipinski definition) is 9. The summed E-state index contributed by atoms with van der Waals surface area (Å²) in [6.07, 6.45) is 1.69. The highest BCUT2D eigenvalue weighted by molar-refractivity contribution is 9.10. The van der Waals surface area contributed by atoms with Crippen LogP contribution in [0.1, 0.15) is 5.56 Å². The first-order chi connectivity index (χ1) is 15.2. The van der Waals surface area contributed by atoms with Gasteiger partial charge in [-0.3, -0.25) is 0 Å². The summed E-state index contributed by atoms with van der Waals surface area (Å²) in [5.74, 6) is 2.11. The molecule has 2 aromatic carbocycles. The topological polar surface area (TPSA) is 96.8 Å². The van der Waals surface area contributed by atoms with Gasteiger partial charge in [0.15, 0.2) is 0 Å². The molecule has 4 rings (SSSR count). The zero-order chi connectivity index (χ0) is 21.5. The predicted molar refractivity (Wildman–Crippen MR) is 124 cm³/mol. The summed E-state index contributed by atoms with van der Waals surface area (Å²) in [6.45, 7) is 2.72. The van der Waals surface area contributed by atoms with Gasteiger partial charge in [0, 0.05) is 18.8 Å².